The Hall–Kier alpha value is -0.778. The van der Waals surface area contributed by atoms with Gasteiger partial charge in [-0.3, -0.25) is 0 Å². The predicted octanol–water partition coefficient (Wildman–Crippen LogP) is 1.46. The third-order valence-corrected chi connectivity index (χ3v) is 1.74. The van der Waals surface area contributed by atoms with Crippen molar-refractivity contribution in [2.75, 3.05) is 6.61 Å². The van der Waals surface area contributed by atoms with Crippen molar-refractivity contribution in [3.8, 4) is 0 Å². The molecule has 0 fully saturated rings. The van der Waals surface area contributed by atoms with E-state index < -0.39 is 0 Å². The highest BCUT2D eigenvalue weighted by atomic mass is 27.0. The number of unbranched alkanes of at least 4 members (excludes halogenated alkanes) is 1. The molecule has 0 aliphatic rings. The zero-order chi connectivity index (χ0) is 9.52. The summed E-state index contributed by atoms with van der Waals surface area (Å²) in [7, 11) is 0. The van der Waals surface area contributed by atoms with Crippen LogP contribution < -0.4 is 0 Å². The van der Waals surface area contributed by atoms with Crippen LogP contribution in [0.3, 0.4) is 0 Å². The fourth-order valence-corrected chi connectivity index (χ4v) is 0.967. The molecule has 1 rings (SSSR count). The van der Waals surface area contributed by atoms with Crippen molar-refractivity contribution in [1.82, 2.24) is 0 Å². The van der Waals surface area contributed by atoms with E-state index in [0.717, 1.165) is 12.8 Å². The molecule has 2 nitrogen and oxygen atoms in total. The van der Waals surface area contributed by atoms with Crippen LogP contribution >= 0.6 is 0 Å². The first-order valence-electron chi connectivity index (χ1n) is 4.56. The minimum atomic E-state index is -0.228. The van der Waals surface area contributed by atoms with Crippen molar-refractivity contribution in [2.45, 2.75) is 19.8 Å². The summed E-state index contributed by atoms with van der Waals surface area (Å²) in [5.41, 5.74) is 0.624. The van der Waals surface area contributed by atoms with Crippen LogP contribution in [-0.2, 0) is 4.74 Å². The number of hydrogen-bond acceptors (Lipinski definition) is 2. The second kappa shape index (κ2) is 7.61. The SMILES string of the molecule is CCCCOC(=O)c1ccccc1.[AlH3]. The molecular weight excluding hydrogens is 191 g/mol. The van der Waals surface area contributed by atoms with Crippen molar-refractivity contribution in [3.63, 3.8) is 0 Å². The van der Waals surface area contributed by atoms with E-state index in [-0.39, 0.29) is 23.3 Å². The first-order valence-corrected chi connectivity index (χ1v) is 4.56. The van der Waals surface area contributed by atoms with Crippen LogP contribution in [0.25, 0.3) is 0 Å². The van der Waals surface area contributed by atoms with E-state index >= 15 is 0 Å². The molecule has 0 heterocycles. The Balaban J connectivity index is 0.00000169. The van der Waals surface area contributed by atoms with Crippen LogP contribution in [0.4, 0.5) is 0 Å². The van der Waals surface area contributed by atoms with Crippen LogP contribution in [0.15, 0.2) is 30.3 Å². The van der Waals surface area contributed by atoms with Gasteiger partial charge in [-0.2, -0.15) is 0 Å². The van der Waals surface area contributed by atoms with Gasteiger partial charge in [-0.1, -0.05) is 31.5 Å². The Morgan fingerprint density at radius 2 is 1.93 bits per heavy atom. The molecule has 1 aromatic carbocycles. The van der Waals surface area contributed by atoms with Gasteiger partial charge in [-0.05, 0) is 18.6 Å². The lowest BCUT2D eigenvalue weighted by atomic mass is 10.2. The highest BCUT2D eigenvalue weighted by Crippen LogP contribution is 2.01. The number of carbonyl (C=O) groups excluding carboxylic acids is 1. The van der Waals surface area contributed by atoms with Crippen LogP contribution in [0.1, 0.15) is 30.1 Å². The molecule has 0 saturated heterocycles. The lowest BCUT2D eigenvalue weighted by Crippen LogP contribution is -2.05. The lowest BCUT2D eigenvalue weighted by Gasteiger charge is -2.02. The molecule has 1 aromatic rings. The van der Waals surface area contributed by atoms with Gasteiger partial charge >= 0.3 is 5.97 Å². The normalized spacial score (nSPS) is 8.93. The fourth-order valence-electron chi connectivity index (χ4n) is 0.967. The molecule has 0 unspecified atom stereocenters. The quantitative estimate of drug-likeness (QED) is 0.425. The number of esters is 1. The highest BCUT2D eigenvalue weighted by molar-refractivity contribution is 5.89. The van der Waals surface area contributed by atoms with Crippen molar-refractivity contribution in [2.24, 2.45) is 0 Å². The monoisotopic (exact) mass is 208 g/mol. The second-order valence-corrected chi connectivity index (χ2v) is 2.86. The Kier molecular flexibility index (Phi) is 7.19. The Labute approximate surface area is 95.4 Å². The van der Waals surface area contributed by atoms with Crippen LogP contribution in [0, 0.1) is 0 Å². The summed E-state index contributed by atoms with van der Waals surface area (Å²) in [6, 6.07) is 9.05. The van der Waals surface area contributed by atoms with Gasteiger partial charge in [0.15, 0.2) is 17.4 Å². The van der Waals surface area contributed by atoms with Gasteiger partial charge in [0, 0.05) is 0 Å². The number of benzene rings is 1. The topological polar surface area (TPSA) is 26.3 Å². The maximum Gasteiger partial charge on any atom is 0.338 e. The first kappa shape index (κ1) is 13.2. The maximum atomic E-state index is 11.3. The molecule has 0 amide bonds. The summed E-state index contributed by atoms with van der Waals surface area (Å²) in [5, 5.41) is 0. The summed E-state index contributed by atoms with van der Waals surface area (Å²) in [5.74, 6) is -0.228. The average molecular weight is 208 g/mol. The molecule has 3 heteroatoms. The number of rotatable bonds is 4. The summed E-state index contributed by atoms with van der Waals surface area (Å²) in [6.45, 7) is 2.58. The summed E-state index contributed by atoms with van der Waals surface area (Å²) >= 11 is 0. The maximum absolute atomic E-state index is 11.3. The van der Waals surface area contributed by atoms with Crippen LogP contribution in [0.5, 0.6) is 0 Å². The van der Waals surface area contributed by atoms with E-state index in [9.17, 15) is 4.79 Å². The van der Waals surface area contributed by atoms with Gasteiger partial charge in [0.1, 0.15) is 0 Å². The third kappa shape index (κ3) is 4.46. The van der Waals surface area contributed by atoms with E-state index in [1.807, 2.05) is 18.2 Å². The highest BCUT2D eigenvalue weighted by Gasteiger charge is 2.03. The molecule has 0 N–H and O–H groups in total. The number of ether oxygens (including phenoxy) is 1. The van der Waals surface area contributed by atoms with Gasteiger partial charge in [0.25, 0.3) is 0 Å². The van der Waals surface area contributed by atoms with Crippen molar-refractivity contribution < 1.29 is 9.53 Å². The average Bonchev–Trinajstić information content (AvgIpc) is 2.19. The van der Waals surface area contributed by atoms with Crippen molar-refractivity contribution in [1.29, 1.82) is 0 Å². The largest absolute Gasteiger partial charge is 0.462 e. The summed E-state index contributed by atoms with van der Waals surface area (Å²) in [6.07, 6.45) is 1.97. The minimum Gasteiger partial charge on any atom is -0.462 e. The van der Waals surface area contributed by atoms with Gasteiger partial charge in [-0.15, -0.1) is 0 Å². The third-order valence-electron chi connectivity index (χ3n) is 1.74. The zero-order valence-corrected chi connectivity index (χ0v) is 7.82. The Morgan fingerprint density at radius 3 is 2.50 bits per heavy atom. The molecule has 0 atom stereocenters. The summed E-state index contributed by atoms with van der Waals surface area (Å²) < 4.78 is 5.03. The fraction of sp³-hybridized carbons (Fsp3) is 0.364. The minimum absolute atomic E-state index is 0. The molecule has 76 valence electrons. The van der Waals surface area contributed by atoms with Gasteiger partial charge < -0.3 is 4.74 Å². The van der Waals surface area contributed by atoms with Crippen LogP contribution in [0.2, 0.25) is 0 Å². The van der Waals surface area contributed by atoms with E-state index in [1.165, 1.54) is 0 Å². The predicted molar refractivity (Wildman–Crippen MR) is 61.6 cm³/mol. The molecule has 0 saturated carbocycles. The smallest absolute Gasteiger partial charge is 0.338 e. The molecule has 14 heavy (non-hydrogen) atoms. The zero-order valence-electron chi connectivity index (χ0n) is 7.82. The molecule has 0 bridgehead atoms. The van der Waals surface area contributed by atoms with E-state index in [0.29, 0.717) is 12.2 Å². The molecule has 0 aromatic heterocycles. The van der Waals surface area contributed by atoms with Gasteiger partial charge in [0.2, 0.25) is 0 Å². The molecule has 0 aliphatic heterocycles. The van der Waals surface area contributed by atoms with Gasteiger partial charge in [0.05, 0.1) is 12.2 Å². The second-order valence-electron chi connectivity index (χ2n) is 2.86. The number of hydrogen-bond donors (Lipinski definition) is 0. The molecule has 0 radical (unpaired) electrons. The van der Waals surface area contributed by atoms with Gasteiger partial charge in [-0.25, -0.2) is 4.79 Å². The first-order chi connectivity index (χ1) is 6.34. The van der Waals surface area contributed by atoms with Crippen molar-refractivity contribution in [3.05, 3.63) is 35.9 Å². The number of carbonyl (C=O) groups is 1. The van der Waals surface area contributed by atoms with E-state index in [4.69, 9.17) is 4.74 Å². The van der Waals surface area contributed by atoms with E-state index in [1.54, 1.807) is 12.1 Å². The van der Waals surface area contributed by atoms with Crippen LogP contribution in [-0.4, -0.2) is 29.9 Å². The standard InChI is InChI=1S/C11H14O2.Al.3H/c1-2-3-9-13-11(12)10-7-5-4-6-8-10;;;;/h4-8H,2-3,9H2,1H3;;;;. The Morgan fingerprint density at radius 1 is 1.29 bits per heavy atom. The summed E-state index contributed by atoms with van der Waals surface area (Å²) in [4.78, 5) is 11.3. The lowest BCUT2D eigenvalue weighted by molar-refractivity contribution is 0.0500. The molecule has 0 aliphatic carbocycles. The van der Waals surface area contributed by atoms with Crippen molar-refractivity contribution >= 4 is 23.3 Å². The molecule has 0 spiro atoms. The van der Waals surface area contributed by atoms with E-state index in [2.05, 4.69) is 6.92 Å². The Bertz CT molecular complexity index is 259. The molecular formula is C11H17AlO2.